The first-order valence-electron chi connectivity index (χ1n) is 4.40. The molecule has 2 rings (SSSR count). The number of hydrogen-bond donors (Lipinski definition) is 3. The lowest BCUT2D eigenvalue weighted by atomic mass is 10.3. The molecule has 90 valence electrons. The number of sulfonamides is 1. The van der Waals surface area contributed by atoms with E-state index in [1.807, 2.05) is 0 Å². The summed E-state index contributed by atoms with van der Waals surface area (Å²) in [6.07, 6.45) is 0. The Morgan fingerprint density at radius 3 is 2.71 bits per heavy atom. The normalized spacial score (nSPS) is 11.5. The summed E-state index contributed by atoms with van der Waals surface area (Å²) in [6, 6.07) is 4.37. The fourth-order valence-corrected chi connectivity index (χ4v) is 3.01. The van der Waals surface area contributed by atoms with Crippen molar-refractivity contribution in [2.24, 2.45) is 15.9 Å². The van der Waals surface area contributed by atoms with Crippen LogP contribution in [0.4, 0.5) is 5.13 Å². The van der Waals surface area contributed by atoms with E-state index in [1.54, 1.807) is 6.07 Å². The molecule has 1 aromatic carbocycles. The molecule has 0 atom stereocenters. The molecule has 0 amide bonds. The molecule has 1 aromatic heterocycles. The lowest BCUT2D eigenvalue weighted by Crippen LogP contribution is -2.24. The number of thiazole rings is 1. The summed E-state index contributed by atoms with van der Waals surface area (Å²) in [5, 5.41) is 0.372. The maximum absolute atomic E-state index is 11.7. The van der Waals surface area contributed by atoms with E-state index in [1.165, 1.54) is 23.5 Å². The van der Waals surface area contributed by atoms with Crippen molar-refractivity contribution in [3.8, 4) is 0 Å². The van der Waals surface area contributed by atoms with Crippen LogP contribution in [0.2, 0.25) is 0 Å². The Hall–Kier alpha value is -1.87. The molecule has 2 aromatic rings. The van der Waals surface area contributed by atoms with Crippen LogP contribution in [0.3, 0.4) is 0 Å². The molecule has 0 bridgehead atoms. The number of nitrogen functional groups attached to an aromatic ring is 1. The Morgan fingerprint density at radius 2 is 2.06 bits per heavy atom. The number of nitrogens with zero attached hydrogens (tertiary/aromatic N) is 2. The fourth-order valence-electron chi connectivity index (χ4n) is 1.27. The monoisotopic (exact) mass is 271 g/mol. The van der Waals surface area contributed by atoms with E-state index in [-0.39, 0.29) is 4.90 Å². The molecule has 0 aliphatic rings. The zero-order valence-corrected chi connectivity index (χ0v) is 10.1. The van der Waals surface area contributed by atoms with Gasteiger partial charge in [-0.15, -0.1) is 4.40 Å². The van der Waals surface area contributed by atoms with Crippen LogP contribution in [-0.4, -0.2) is 19.4 Å². The van der Waals surface area contributed by atoms with Crippen molar-refractivity contribution in [1.82, 2.24) is 4.98 Å². The minimum absolute atomic E-state index is 0.00190. The predicted octanol–water partition coefficient (Wildman–Crippen LogP) is -0.159. The maximum atomic E-state index is 11.7. The molecule has 0 saturated carbocycles. The van der Waals surface area contributed by atoms with E-state index in [4.69, 9.17) is 17.2 Å². The zero-order chi connectivity index (χ0) is 12.6. The minimum atomic E-state index is -3.87. The van der Waals surface area contributed by atoms with Gasteiger partial charge in [-0.05, 0) is 18.2 Å². The van der Waals surface area contributed by atoms with Gasteiger partial charge in [-0.2, -0.15) is 8.42 Å². The number of benzene rings is 1. The van der Waals surface area contributed by atoms with Gasteiger partial charge in [-0.25, -0.2) is 4.98 Å². The van der Waals surface area contributed by atoms with Crippen molar-refractivity contribution in [3.05, 3.63) is 18.2 Å². The minimum Gasteiger partial charge on any atom is -0.375 e. The molecule has 0 unspecified atom stereocenters. The predicted molar refractivity (Wildman–Crippen MR) is 67.0 cm³/mol. The van der Waals surface area contributed by atoms with E-state index >= 15 is 0 Å². The molecule has 9 heteroatoms. The maximum Gasteiger partial charge on any atom is 0.285 e. The average molecular weight is 271 g/mol. The van der Waals surface area contributed by atoms with Crippen LogP contribution in [-0.2, 0) is 10.0 Å². The van der Waals surface area contributed by atoms with Crippen molar-refractivity contribution < 1.29 is 8.42 Å². The van der Waals surface area contributed by atoms with Crippen LogP contribution in [0, 0.1) is 0 Å². The van der Waals surface area contributed by atoms with Gasteiger partial charge < -0.3 is 17.2 Å². The Bertz CT molecular complexity index is 700. The molecule has 0 fully saturated rings. The number of hydrogen-bond acceptors (Lipinski definition) is 5. The topological polar surface area (TPSA) is 137 Å². The van der Waals surface area contributed by atoms with Gasteiger partial charge in [0.25, 0.3) is 10.0 Å². The molecule has 17 heavy (non-hydrogen) atoms. The highest BCUT2D eigenvalue weighted by Crippen LogP contribution is 2.26. The molecule has 6 N–H and O–H groups in total. The zero-order valence-electron chi connectivity index (χ0n) is 8.49. The first-order chi connectivity index (χ1) is 7.88. The van der Waals surface area contributed by atoms with Crippen LogP contribution in [0.15, 0.2) is 27.5 Å². The third-order valence-electron chi connectivity index (χ3n) is 1.90. The summed E-state index contributed by atoms with van der Waals surface area (Å²) in [4.78, 5) is 4.02. The smallest absolute Gasteiger partial charge is 0.285 e. The Labute approximate surface area is 101 Å². The van der Waals surface area contributed by atoms with Gasteiger partial charge in [-0.3, -0.25) is 0 Å². The van der Waals surface area contributed by atoms with E-state index in [9.17, 15) is 8.42 Å². The molecule has 0 saturated heterocycles. The average Bonchev–Trinajstić information content (AvgIpc) is 2.54. The summed E-state index contributed by atoms with van der Waals surface area (Å²) in [7, 11) is -3.87. The van der Waals surface area contributed by atoms with Crippen LogP contribution in [0.5, 0.6) is 0 Å². The van der Waals surface area contributed by atoms with Crippen molar-refractivity contribution in [2.45, 2.75) is 4.90 Å². The summed E-state index contributed by atoms with van der Waals surface area (Å²) in [6.45, 7) is 0. The Balaban J connectivity index is 2.60. The van der Waals surface area contributed by atoms with Crippen molar-refractivity contribution in [3.63, 3.8) is 0 Å². The van der Waals surface area contributed by atoms with Crippen molar-refractivity contribution in [1.29, 1.82) is 0 Å². The summed E-state index contributed by atoms with van der Waals surface area (Å²) >= 11 is 1.19. The molecular formula is C8H9N5O2S2. The first-order valence-corrected chi connectivity index (χ1v) is 6.66. The van der Waals surface area contributed by atoms with Crippen LogP contribution in [0.25, 0.3) is 10.2 Å². The van der Waals surface area contributed by atoms with Gasteiger partial charge in [0, 0.05) is 0 Å². The molecule has 0 spiro atoms. The van der Waals surface area contributed by atoms with Gasteiger partial charge in [0.15, 0.2) is 5.13 Å². The summed E-state index contributed by atoms with van der Waals surface area (Å²) < 4.78 is 27.2. The van der Waals surface area contributed by atoms with Crippen molar-refractivity contribution >= 4 is 42.7 Å². The highest BCUT2D eigenvalue weighted by molar-refractivity contribution is 7.90. The molecule has 1 heterocycles. The first kappa shape index (κ1) is 11.6. The highest BCUT2D eigenvalue weighted by atomic mass is 32.2. The molecule has 0 aliphatic carbocycles. The van der Waals surface area contributed by atoms with Gasteiger partial charge in [-0.1, -0.05) is 11.3 Å². The van der Waals surface area contributed by atoms with E-state index in [2.05, 4.69) is 9.38 Å². The van der Waals surface area contributed by atoms with Gasteiger partial charge >= 0.3 is 0 Å². The second kappa shape index (κ2) is 3.86. The fraction of sp³-hybridized carbons (Fsp3) is 0. The summed E-state index contributed by atoms with van der Waals surface area (Å²) in [5.41, 5.74) is 16.3. The third-order valence-corrected chi connectivity index (χ3v) is 4.05. The van der Waals surface area contributed by atoms with Crippen LogP contribution < -0.4 is 17.2 Å². The van der Waals surface area contributed by atoms with Gasteiger partial charge in [0.05, 0.1) is 15.1 Å². The molecule has 0 radical (unpaired) electrons. The Morgan fingerprint density at radius 1 is 1.35 bits per heavy atom. The SMILES string of the molecule is NC(N)=NS(=O)(=O)c1ccc2nc(N)sc2c1. The van der Waals surface area contributed by atoms with Crippen LogP contribution in [0.1, 0.15) is 0 Å². The third kappa shape index (κ3) is 2.29. The number of guanidine groups is 1. The van der Waals surface area contributed by atoms with Crippen molar-refractivity contribution in [2.75, 3.05) is 5.73 Å². The second-order valence-corrected chi connectivity index (χ2v) is 5.84. The highest BCUT2D eigenvalue weighted by Gasteiger charge is 2.14. The number of anilines is 1. The molecule has 7 nitrogen and oxygen atoms in total. The largest absolute Gasteiger partial charge is 0.375 e. The van der Waals surface area contributed by atoms with Crippen LogP contribution >= 0.6 is 11.3 Å². The van der Waals surface area contributed by atoms with E-state index in [0.717, 1.165) is 0 Å². The number of fused-ring (bicyclic) bond motifs is 1. The number of aromatic nitrogens is 1. The van der Waals surface area contributed by atoms with Gasteiger partial charge in [0.2, 0.25) is 5.96 Å². The number of nitrogens with two attached hydrogens (primary N) is 3. The van der Waals surface area contributed by atoms with E-state index < -0.39 is 16.0 Å². The van der Waals surface area contributed by atoms with Gasteiger partial charge in [0.1, 0.15) is 0 Å². The molecule has 0 aliphatic heterocycles. The number of rotatable bonds is 2. The quantitative estimate of drug-likeness (QED) is 0.512. The Kier molecular flexibility index (Phi) is 2.63. The standard InChI is InChI=1S/C8H9N5O2S2/c9-7(10)13-17(14,15)4-1-2-5-6(3-4)16-8(11)12-5/h1-3H,(H2,11,12)(H4,9,10,13). The lowest BCUT2D eigenvalue weighted by Gasteiger charge is -1.98. The molecular weight excluding hydrogens is 262 g/mol. The lowest BCUT2D eigenvalue weighted by molar-refractivity contribution is 0.598. The van der Waals surface area contributed by atoms with E-state index in [0.29, 0.717) is 15.3 Å². The summed E-state index contributed by atoms with van der Waals surface area (Å²) in [5.74, 6) is -0.506. The second-order valence-electron chi connectivity index (χ2n) is 3.17.